The molecule has 116 valence electrons. The zero-order chi connectivity index (χ0) is 14.8. The predicted molar refractivity (Wildman–Crippen MR) is 81.3 cm³/mol. The first kappa shape index (κ1) is 15.8. The second-order valence-corrected chi connectivity index (χ2v) is 8.04. The fourth-order valence-electron chi connectivity index (χ4n) is 4.38. The fraction of sp³-hybridized carbons (Fsp3) is 0.941. The van der Waals surface area contributed by atoms with Crippen molar-refractivity contribution in [2.75, 3.05) is 6.54 Å². The fourth-order valence-corrected chi connectivity index (χ4v) is 4.38. The molecular formula is C17H31NO2. The lowest BCUT2D eigenvalue weighted by Crippen LogP contribution is -2.40. The van der Waals surface area contributed by atoms with E-state index in [1.54, 1.807) is 0 Å². The van der Waals surface area contributed by atoms with E-state index in [1.807, 2.05) is 0 Å². The Morgan fingerprint density at radius 2 is 2.00 bits per heavy atom. The maximum absolute atomic E-state index is 12.4. The molecule has 0 heterocycles. The van der Waals surface area contributed by atoms with Crippen LogP contribution in [0.2, 0.25) is 0 Å². The Morgan fingerprint density at radius 3 is 2.65 bits per heavy atom. The summed E-state index contributed by atoms with van der Waals surface area (Å²) in [4.78, 5) is 12.4. The van der Waals surface area contributed by atoms with Gasteiger partial charge in [-0.3, -0.25) is 4.79 Å². The number of aliphatic hydroxyl groups excluding tert-OH is 1. The van der Waals surface area contributed by atoms with Gasteiger partial charge in [0.25, 0.3) is 0 Å². The van der Waals surface area contributed by atoms with Crippen LogP contribution in [0.3, 0.4) is 0 Å². The maximum Gasteiger partial charge on any atom is 0.223 e. The average Bonchev–Trinajstić information content (AvgIpc) is 2.33. The molecule has 0 aliphatic heterocycles. The van der Waals surface area contributed by atoms with Crippen molar-refractivity contribution >= 4 is 5.91 Å². The Morgan fingerprint density at radius 1 is 1.25 bits per heavy atom. The van der Waals surface area contributed by atoms with E-state index in [0.717, 1.165) is 45.1 Å². The van der Waals surface area contributed by atoms with Crippen LogP contribution < -0.4 is 5.32 Å². The number of hydrogen-bond donors (Lipinski definition) is 2. The summed E-state index contributed by atoms with van der Waals surface area (Å²) >= 11 is 0. The second kappa shape index (κ2) is 6.46. The van der Waals surface area contributed by atoms with E-state index in [2.05, 4.69) is 26.1 Å². The molecular weight excluding hydrogens is 250 g/mol. The standard InChI is InChI=1S/C17H31NO2/c1-12-7-14(10-17(2,3)9-12)16(20)18-11-13-5-4-6-15(19)8-13/h12-15,19H,4-11H2,1-3H3,(H,18,20). The quantitative estimate of drug-likeness (QED) is 0.835. The van der Waals surface area contributed by atoms with Gasteiger partial charge in [0, 0.05) is 12.5 Å². The van der Waals surface area contributed by atoms with Gasteiger partial charge in [0.15, 0.2) is 0 Å². The van der Waals surface area contributed by atoms with E-state index in [1.165, 1.54) is 6.42 Å². The lowest BCUT2D eigenvalue weighted by atomic mass is 9.68. The molecule has 0 aromatic rings. The van der Waals surface area contributed by atoms with Gasteiger partial charge in [-0.05, 0) is 55.8 Å². The first-order valence-corrected chi connectivity index (χ1v) is 8.31. The highest BCUT2D eigenvalue weighted by atomic mass is 16.3. The predicted octanol–water partition coefficient (Wildman–Crippen LogP) is 3.12. The highest BCUT2D eigenvalue weighted by Gasteiger charge is 2.35. The summed E-state index contributed by atoms with van der Waals surface area (Å²) in [5.74, 6) is 1.54. The summed E-state index contributed by atoms with van der Waals surface area (Å²) in [6, 6.07) is 0. The van der Waals surface area contributed by atoms with Gasteiger partial charge >= 0.3 is 0 Å². The molecule has 0 aromatic carbocycles. The third-order valence-corrected chi connectivity index (χ3v) is 5.08. The zero-order valence-electron chi connectivity index (χ0n) is 13.3. The van der Waals surface area contributed by atoms with Crippen molar-refractivity contribution in [3.8, 4) is 0 Å². The minimum Gasteiger partial charge on any atom is -0.393 e. The molecule has 3 nitrogen and oxygen atoms in total. The van der Waals surface area contributed by atoms with Crippen LogP contribution in [-0.4, -0.2) is 23.7 Å². The first-order chi connectivity index (χ1) is 9.35. The lowest BCUT2D eigenvalue weighted by molar-refractivity contribution is -0.128. The molecule has 2 N–H and O–H groups in total. The van der Waals surface area contributed by atoms with Crippen molar-refractivity contribution in [2.45, 2.75) is 71.8 Å². The molecule has 0 radical (unpaired) electrons. The molecule has 2 rings (SSSR count). The van der Waals surface area contributed by atoms with Crippen molar-refractivity contribution in [3.05, 3.63) is 0 Å². The first-order valence-electron chi connectivity index (χ1n) is 8.31. The number of aliphatic hydroxyl groups is 1. The molecule has 0 bridgehead atoms. The van der Waals surface area contributed by atoms with Gasteiger partial charge in [0.2, 0.25) is 5.91 Å². The van der Waals surface area contributed by atoms with Crippen molar-refractivity contribution in [3.63, 3.8) is 0 Å². The summed E-state index contributed by atoms with van der Waals surface area (Å²) in [5.41, 5.74) is 0.292. The number of rotatable bonds is 3. The van der Waals surface area contributed by atoms with Crippen molar-refractivity contribution in [2.24, 2.45) is 23.2 Å². The topological polar surface area (TPSA) is 49.3 Å². The molecule has 2 saturated carbocycles. The minimum absolute atomic E-state index is 0.153. The Balaban J connectivity index is 1.79. The summed E-state index contributed by atoms with van der Waals surface area (Å²) in [7, 11) is 0. The number of hydrogen-bond acceptors (Lipinski definition) is 2. The Bertz CT molecular complexity index is 340. The summed E-state index contributed by atoms with van der Waals surface area (Å²) < 4.78 is 0. The average molecular weight is 281 g/mol. The molecule has 20 heavy (non-hydrogen) atoms. The van der Waals surface area contributed by atoms with Crippen LogP contribution in [-0.2, 0) is 4.79 Å². The van der Waals surface area contributed by atoms with Crippen LogP contribution >= 0.6 is 0 Å². The number of carbonyl (C=O) groups is 1. The van der Waals surface area contributed by atoms with Gasteiger partial charge < -0.3 is 10.4 Å². The summed E-state index contributed by atoms with van der Waals surface area (Å²) in [6.07, 6.45) is 7.13. The molecule has 2 fully saturated rings. The van der Waals surface area contributed by atoms with Crippen molar-refractivity contribution < 1.29 is 9.90 Å². The van der Waals surface area contributed by atoms with Crippen LogP contribution in [0.15, 0.2) is 0 Å². The lowest BCUT2D eigenvalue weighted by Gasteiger charge is -2.38. The SMILES string of the molecule is CC1CC(C(=O)NCC2CCCC(O)C2)CC(C)(C)C1. The van der Waals surface area contributed by atoms with Crippen LogP contribution in [0.5, 0.6) is 0 Å². The van der Waals surface area contributed by atoms with Crippen molar-refractivity contribution in [1.82, 2.24) is 5.32 Å². The molecule has 4 unspecified atom stereocenters. The molecule has 0 aromatic heterocycles. The molecule has 3 heteroatoms. The molecule has 2 aliphatic rings. The minimum atomic E-state index is -0.153. The molecule has 1 amide bonds. The monoisotopic (exact) mass is 281 g/mol. The maximum atomic E-state index is 12.4. The van der Waals surface area contributed by atoms with Crippen LogP contribution in [0, 0.1) is 23.2 Å². The Labute approximate surface area is 123 Å². The van der Waals surface area contributed by atoms with Gasteiger partial charge in [0.05, 0.1) is 6.10 Å². The van der Waals surface area contributed by atoms with Crippen LogP contribution in [0.25, 0.3) is 0 Å². The normalized spacial score (nSPS) is 37.4. The van der Waals surface area contributed by atoms with E-state index in [9.17, 15) is 9.90 Å². The highest BCUT2D eigenvalue weighted by molar-refractivity contribution is 5.78. The molecule has 4 atom stereocenters. The summed E-state index contributed by atoms with van der Waals surface area (Å²) in [6.45, 7) is 7.57. The van der Waals surface area contributed by atoms with E-state index in [0.29, 0.717) is 17.3 Å². The van der Waals surface area contributed by atoms with E-state index in [-0.39, 0.29) is 17.9 Å². The smallest absolute Gasteiger partial charge is 0.223 e. The van der Waals surface area contributed by atoms with Gasteiger partial charge in [-0.15, -0.1) is 0 Å². The van der Waals surface area contributed by atoms with Gasteiger partial charge in [-0.1, -0.05) is 27.2 Å². The number of nitrogens with one attached hydrogen (secondary N) is 1. The summed E-state index contributed by atoms with van der Waals surface area (Å²) in [5, 5.41) is 12.8. The zero-order valence-corrected chi connectivity index (χ0v) is 13.3. The van der Waals surface area contributed by atoms with Crippen molar-refractivity contribution in [1.29, 1.82) is 0 Å². The molecule has 0 saturated heterocycles. The second-order valence-electron chi connectivity index (χ2n) is 8.04. The largest absolute Gasteiger partial charge is 0.393 e. The van der Waals surface area contributed by atoms with Gasteiger partial charge in [-0.2, -0.15) is 0 Å². The van der Waals surface area contributed by atoms with E-state index < -0.39 is 0 Å². The van der Waals surface area contributed by atoms with Crippen LogP contribution in [0.4, 0.5) is 0 Å². The molecule has 2 aliphatic carbocycles. The number of amides is 1. The molecule has 0 spiro atoms. The van der Waals surface area contributed by atoms with Crippen LogP contribution in [0.1, 0.15) is 65.7 Å². The number of carbonyl (C=O) groups excluding carboxylic acids is 1. The Hall–Kier alpha value is -0.570. The van der Waals surface area contributed by atoms with Gasteiger partial charge in [-0.25, -0.2) is 0 Å². The third-order valence-electron chi connectivity index (χ3n) is 5.08. The van der Waals surface area contributed by atoms with E-state index >= 15 is 0 Å². The van der Waals surface area contributed by atoms with Gasteiger partial charge in [0.1, 0.15) is 0 Å². The highest BCUT2D eigenvalue weighted by Crippen LogP contribution is 2.41. The van der Waals surface area contributed by atoms with E-state index in [4.69, 9.17) is 0 Å². The Kier molecular flexibility index (Phi) is 5.11. The third kappa shape index (κ3) is 4.47.